The lowest BCUT2D eigenvalue weighted by Gasteiger charge is -2.17. The molecule has 1 aromatic rings. The molecule has 90 valence electrons. The van der Waals surface area contributed by atoms with E-state index in [1.807, 2.05) is 0 Å². The van der Waals surface area contributed by atoms with Crippen LogP contribution in [0.5, 0.6) is 0 Å². The van der Waals surface area contributed by atoms with Gasteiger partial charge in [-0.25, -0.2) is 0 Å². The third-order valence-electron chi connectivity index (χ3n) is 2.58. The maximum absolute atomic E-state index is 11.5. The lowest BCUT2D eigenvalue weighted by molar-refractivity contribution is 0.0924. The van der Waals surface area contributed by atoms with Crippen molar-refractivity contribution in [3.8, 4) is 0 Å². The van der Waals surface area contributed by atoms with Crippen molar-refractivity contribution in [2.45, 2.75) is 20.3 Å². The number of amides is 1. The van der Waals surface area contributed by atoms with Gasteiger partial charge in [0.05, 0.1) is 6.26 Å². The summed E-state index contributed by atoms with van der Waals surface area (Å²) in [5.74, 6) is 0.243. The van der Waals surface area contributed by atoms with Crippen LogP contribution in [0.2, 0.25) is 0 Å². The number of rotatable bonds is 7. The predicted octanol–water partition coefficient (Wildman–Crippen LogP) is 1.74. The number of furan rings is 1. The normalized spacial score (nSPS) is 10.7. The Kier molecular flexibility index (Phi) is 5.64. The van der Waals surface area contributed by atoms with Crippen LogP contribution in [0.1, 0.15) is 30.8 Å². The van der Waals surface area contributed by atoms with E-state index in [9.17, 15) is 4.79 Å². The lowest BCUT2D eigenvalue weighted by Crippen LogP contribution is -2.29. The summed E-state index contributed by atoms with van der Waals surface area (Å²) in [7, 11) is 0. The van der Waals surface area contributed by atoms with E-state index in [1.165, 1.54) is 6.26 Å². The van der Waals surface area contributed by atoms with Crippen LogP contribution in [0, 0.1) is 0 Å². The van der Waals surface area contributed by atoms with Crippen LogP contribution < -0.4 is 5.32 Å². The number of hydrogen-bond acceptors (Lipinski definition) is 3. The molecule has 0 atom stereocenters. The number of nitrogens with zero attached hydrogens (tertiary/aromatic N) is 1. The van der Waals surface area contributed by atoms with Gasteiger partial charge in [-0.3, -0.25) is 4.79 Å². The molecular weight excluding hydrogens is 204 g/mol. The first-order valence-electron chi connectivity index (χ1n) is 5.82. The van der Waals surface area contributed by atoms with Crippen molar-refractivity contribution in [1.82, 2.24) is 10.2 Å². The highest BCUT2D eigenvalue weighted by Gasteiger charge is 2.06. The van der Waals surface area contributed by atoms with Crippen LogP contribution >= 0.6 is 0 Å². The highest BCUT2D eigenvalue weighted by molar-refractivity contribution is 5.91. The molecule has 0 bridgehead atoms. The number of carbonyl (C=O) groups excluding carboxylic acids is 1. The first kappa shape index (κ1) is 12.8. The molecule has 0 spiro atoms. The smallest absolute Gasteiger partial charge is 0.286 e. The summed E-state index contributed by atoms with van der Waals surface area (Å²) < 4.78 is 4.99. The second-order valence-electron chi connectivity index (χ2n) is 3.61. The van der Waals surface area contributed by atoms with E-state index in [0.717, 1.165) is 26.1 Å². The van der Waals surface area contributed by atoms with Crippen molar-refractivity contribution in [2.75, 3.05) is 26.2 Å². The van der Waals surface area contributed by atoms with Gasteiger partial charge in [0.2, 0.25) is 0 Å². The van der Waals surface area contributed by atoms with E-state index in [2.05, 4.69) is 24.1 Å². The SMILES string of the molecule is CCN(CC)CCCNC(=O)c1ccco1. The predicted molar refractivity (Wildman–Crippen MR) is 63.4 cm³/mol. The largest absolute Gasteiger partial charge is 0.459 e. The lowest BCUT2D eigenvalue weighted by atomic mass is 10.3. The molecule has 0 aromatic carbocycles. The molecule has 4 nitrogen and oxygen atoms in total. The summed E-state index contributed by atoms with van der Waals surface area (Å²) in [6, 6.07) is 3.38. The van der Waals surface area contributed by atoms with Crippen molar-refractivity contribution in [3.63, 3.8) is 0 Å². The Bertz CT molecular complexity index is 292. The molecule has 1 amide bonds. The fourth-order valence-corrected chi connectivity index (χ4v) is 1.54. The summed E-state index contributed by atoms with van der Waals surface area (Å²) in [5, 5.41) is 2.83. The molecule has 0 unspecified atom stereocenters. The highest BCUT2D eigenvalue weighted by Crippen LogP contribution is 1.99. The summed E-state index contributed by atoms with van der Waals surface area (Å²) in [6.07, 6.45) is 2.47. The van der Waals surface area contributed by atoms with Gasteiger partial charge in [0, 0.05) is 6.54 Å². The second kappa shape index (κ2) is 7.06. The van der Waals surface area contributed by atoms with E-state index in [0.29, 0.717) is 12.3 Å². The highest BCUT2D eigenvalue weighted by atomic mass is 16.3. The fraction of sp³-hybridized carbons (Fsp3) is 0.583. The van der Waals surface area contributed by atoms with Gasteiger partial charge >= 0.3 is 0 Å². The zero-order chi connectivity index (χ0) is 11.8. The van der Waals surface area contributed by atoms with Gasteiger partial charge in [-0.1, -0.05) is 13.8 Å². The van der Waals surface area contributed by atoms with Crippen LogP contribution in [0.4, 0.5) is 0 Å². The summed E-state index contributed by atoms with van der Waals surface area (Å²) in [6.45, 7) is 8.11. The van der Waals surface area contributed by atoms with E-state index >= 15 is 0 Å². The third kappa shape index (κ3) is 4.06. The summed E-state index contributed by atoms with van der Waals surface area (Å²) >= 11 is 0. The van der Waals surface area contributed by atoms with E-state index in [-0.39, 0.29) is 5.91 Å². The Morgan fingerprint density at radius 3 is 2.75 bits per heavy atom. The van der Waals surface area contributed by atoms with Crippen molar-refractivity contribution >= 4 is 5.91 Å². The number of nitrogens with one attached hydrogen (secondary N) is 1. The minimum absolute atomic E-state index is 0.135. The Labute approximate surface area is 96.6 Å². The molecule has 0 aliphatic rings. The molecule has 1 N–H and O–H groups in total. The van der Waals surface area contributed by atoms with Crippen LogP contribution in [0.3, 0.4) is 0 Å². The van der Waals surface area contributed by atoms with Crippen molar-refractivity contribution in [3.05, 3.63) is 24.2 Å². The number of carbonyl (C=O) groups is 1. The average Bonchev–Trinajstić information content (AvgIpc) is 2.82. The minimum atomic E-state index is -0.135. The molecular formula is C12H20N2O2. The van der Waals surface area contributed by atoms with Gasteiger partial charge in [-0.15, -0.1) is 0 Å². The topological polar surface area (TPSA) is 45.5 Å². The fourth-order valence-electron chi connectivity index (χ4n) is 1.54. The van der Waals surface area contributed by atoms with E-state index in [4.69, 9.17) is 4.42 Å². The van der Waals surface area contributed by atoms with E-state index in [1.54, 1.807) is 12.1 Å². The van der Waals surface area contributed by atoms with Crippen LogP contribution in [-0.4, -0.2) is 37.0 Å². The third-order valence-corrected chi connectivity index (χ3v) is 2.58. The Morgan fingerprint density at radius 2 is 2.19 bits per heavy atom. The van der Waals surface area contributed by atoms with Crippen LogP contribution in [0.25, 0.3) is 0 Å². The Hall–Kier alpha value is -1.29. The second-order valence-corrected chi connectivity index (χ2v) is 3.61. The van der Waals surface area contributed by atoms with Crippen molar-refractivity contribution in [1.29, 1.82) is 0 Å². The Morgan fingerprint density at radius 1 is 1.44 bits per heavy atom. The molecule has 0 aliphatic heterocycles. The van der Waals surface area contributed by atoms with Gasteiger partial charge in [0.15, 0.2) is 5.76 Å². The maximum atomic E-state index is 11.5. The molecule has 0 radical (unpaired) electrons. The monoisotopic (exact) mass is 224 g/mol. The first-order chi connectivity index (χ1) is 7.77. The molecule has 16 heavy (non-hydrogen) atoms. The molecule has 1 heterocycles. The zero-order valence-corrected chi connectivity index (χ0v) is 10.0. The van der Waals surface area contributed by atoms with Gasteiger partial charge in [0.1, 0.15) is 0 Å². The van der Waals surface area contributed by atoms with Gasteiger partial charge < -0.3 is 14.6 Å². The zero-order valence-electron chi connectivity index (χ0n) is 10.0. The molecule has 4 heteroatoms. The minimum Gasteiger partial charge on any atom is -0.459 e. The standard InChI is InChI=1S/C12H20N2O2/c1-3-14(4-2)9-6-8-13-12(15)11-7-5-10-16-11/h5,7,10H,3-4,6,8-9H2,1-2H3,(H,13,15). The molecule has 0 saturated carbocycles. The van der Waals surface area contributed by atoms with Crippen LogP contribution in [0.15, 0.2) is 22.8 Å². The van der Waals surface area contributed by atoms with E-state index < -0.39 is 0 Å². The summed E-state index contributed by atoms with van der Waals surface area (Å²) in [4.78, 5) is 13.8. The quantitative estimate of drug-likeness (QED) is 0.718. The first-order valence-corrected chi connectivity index (χ1v) is 5.82. The number of hydrogen-bond donors (Lipinski definition) is 1. The molecule has 1 rings (SSSR count). The molecule has 0 saturated heterocycles. The van der Waals surface area contributed by atoms with Crippen LogP contribution in [-0.2, 0) is 0 Å². The maximum Gasteiger partial charge on any atom is 0.286 e. The van der Waals surface area contributed by atoms with Gasteiger partial charge in [-0.2, -0.15) is 0 Å². The average molecular weight is 224 g/mol. The molecule has 0 aliphatic carbocycles. The van der Waals surface area contributed by atoms with Crippen molar-refractivity contribution in [2.24, 2.45) is 0 Å². The van der Waals surface area contributed by atoms with Gasteiger partial charge in [-0.05, 0) is 38.2 Å². The van der Waals surface area contributed by atoms with Gasteiger partial charge in [0.25, 0.3) is 5.91 Å². The molecule has 1 aromatic heterocycles. The van der Waals surface area contributed by atoms with Crippen molar-refractivity contribution < 1.29 is 9.21 Å². The Balaban J connectivity index is 2.14. The molecule has 0 fully saturated rings. The summed E-state index contributed by atoms with van der Waals surface area (Å²) in [5.41, 5.74) is 0.